The van der Waals surface area contributed by atoms with Crippen LogP contribution in [-0.4, -0.2) is 36.2 Å². The molecule has 0 bridgehead atoms. The van der Waals surface area contributed by atoms with Crippen molar-refractivity contribution in [2.75, 3.05) is 13.2 Å². The summed E-state index contributed by atoms with van der Waals surface area (Å²) in [5, 5.41) is 11.8. The van der Waals surface area contributed by atoms with E-state index in [1.54, 1.807) is 0 Å². The first kappa shape index (κ1) is 15.7. The van der Waals surface area contributed by atoms with Crippen LogP contribution in [0.15, 0.2) is 11.1 Å². The number of carboxylic acids is 1. The fourth-order valence-corrected chi connectivity index (χ4v) is 2.09. The molecule has 0 saturated heterocycles. The van der Waals surface area contributed by atoms with Gasteiger partial charge in [0.15, 0.2) is 0 Å². The summed E-state index contributed by atoms with van der Waals surface area (Å²) in [6, 6.07) is 0. The Bertz CT molecular complexity index is 360. The zero-order valence-corrected chi connectivity index (χ0v) is 11.7. The number of ether oxygens (including phenoxy) is 1. The Balaban J connectivity index is 2.41. The second-order valence-electron chi connectivity index (χ2n) is 5.00. The van der Waals surface area contributed by atoms with Gasteiger partial charge in [-0.2, -0.15) is 0 Å². The molecule has 108 valence electrons. The Kier molecular flexibility index (Phi) is 6.56. The zero-order chi connectivity index (χ0) is 14.3. The fraction of sp³-hybridized carbons (Fsp3) is 0.714. The summed E-state index contributed by atoms with van der Waals surface area (Å²) in [5.41, 5.74) is 0.728. The average Bonchev–Trinajstić information content (AvgIpc) is 2.37. The summed E-state index contributed by atoms with van der Waals surface area (Å²) in [7, 11) is 0. The van der Waals surface area contributed by atoms with E-state index < -0.39 is 5.97 Å². The number of carboxylic acid groups (broad SMARTS) is 1. The molecule has 1 amide bonds. The van der Waals surface area contributed by atoms with E-state index in [0.717, 1.165) is 19.3 Å². The van der Waals surface area contributed by atoms with Gasteiger partial charge in [0.25, 0.3) is 0 Å². The molecule has 0 aromatic rings. The molecule has 0 unspecified atom stereocenters. The molecule has 2 N–H and O–H groups in total. The van der Waals surface area contributed by atoms with Crippen LogP contribution in [0.5, 0.6) is 0 Å². The van der Waals surface area contributed by atoms with Crippen molar-refractivity contribution in [2.24, 2.45) is 0 Å². The second kappa shape index (κ2) is 7.94. The molecule has 5 heteroatoms. The molecule has 0 atom stereocenters. The van der Waals surface area contributed by atoms with Gasteiger partial charge in [-0.1, -0.05) is 0 Å². The van der Waals surface area contributed by atoms with E-state index in [4.69, 9.17) is 9.84 Å². The van der Waals surface area contributed by atoms with Gasteiger partial charge in [-0.3, -0.25) is 4.79 Å². The SMILES string of the molecule is CC(C)OCCCNC(=O)C1=C(C(=O)O)CCCC1. The third-order valence-corrected chi connectivity index (χ3v) is 3.06. The quantitative estimate of drug-likeness (QED) is 0.692. The van der Waals surface area contributed by atoms with Crippen LogP contribution in [0.4, 0.5) is 0 Å². The minimum absolute atomic E-state index is 0.190. The average molecular weight is 269 g/mol. The van der Waals surface area contributed by atoms with Crippen LogP contribution in [0.1, 0.15) is 46.0 Å². The highest BCUT2D eigenvalue weighted by Crippen LogP contribution is 2.24. The topological polar surface area (TPSA) is 75.6 Å². The number of amides is 1. The van der Waals surface area contributed by atoms with Crippen molar-refractivity contribution in [1.82, 2.24) is 5.32 Å². The predicted octanol–water partition coefficient (Wildman–Crippen LogP) is 1.87. The summed E-state index contributed by atoms with van der Waals surface area (Å²) in [6.45, 7) is 5.04. The highest BCUT2D eigenvalue weighted by molar-refractivity contribution is 6.02. The van der Waals surface area contributed by atoms with Gasteiger partial charge < -0.3 is 15.2 Å². The molecule has 1 aliphatic rings. The monoisotopic (exact) mass is 269 g/mol. The number of hydrogen-bond donors (Lipinski definition) is 2. The third kappa shape index (κ3) is 5.42. The van der Waals surface area contributed by atoms with Gasteiger partial charge in [0.2, 0.25) is 5.91 Å². The molecule has 0 aromatic heterocycles. The Morgan fingerprint density at radius 1 is 1.26 bits per heavy atom. The summed E-state index contributed by atoms with van der Waals surface area (Å²) in [6.07, 6.45) is 3.72. The molecule has 5 nitrogen and oxygen atoms in total. The maximum atomic E-state index is 11.9. The van der Waals surface area contributed by atoms with Crippen molar-refractivity contribution in [3.05, 3.63) is 11.1 Å². The maximum absolute atomic E-state index is 11.9. The van der Waals surface area contributed by atoms with E-state index in [9.17, 15) is 9.59 Å². The Labute approximate surface area is 114 Å². The lowest BCUT2D eigenvalue weighted by Crippen LogP contribution is -2.29. The van der Waals surface area contributed by atoms with Crippen LogP contribution in [0, 0.1) is 0 Å². The molecule has 0 radical (unpaired) electrons. The highest BCUT2D eigenvalue weighted by atomic mass is 16.5. The van der Waals surface area contributed by atoms with Gasteiger partial charge >= 0.3 is 5.97 Å². The van der Waals surface area contributed by atoms with E-state index >= 15 is 0 Å². The van der Waals surface area contributed by atoms with Gasteiger partial charge in [0.05, 0.1) is 6.10 Å². The number of carbonyl (C=O) groups excluding carboxylic acids is 1. The van der Waals surface area contributed by atoms with Crippen molar-refractivity contribution in [1.29, 1.82) is 0 Å². The fourth-order valence-electron chi connectivity index (χ4n) is 2.09. The summed E-state index contributed by atoms with van der Waals surface area (Å²) < 4.78 is 5.37. The lowest BCUT2D eigenvalue weighted by molar-refractivity contribution is -0.133. The molecule has 1 rings (SSSR count). The number of rotatable bonds is 7. The molecule has 0 aromatic carbocycles. The van der Waals surface area contributed by atoms with Crippen molar-refractivity contribution < 1.29 is 19.4 Å². The molecule has 0 saturated carbocycles. The van der Waals surface area contributed by atoms with Gasteiger partial charge in [-0.25, -0.2) is 4.79 Å². The van der Waals surface area contributed by atoms with Crippen LogP contribution in [0.25, 0.3) is 0 Å². The number of nitrogens with one attached hydrogen (secondary N) is 1. The van der Waals surface area contributed by atoms with Gasteiger partial charge in [0.1, 0.15) is 0 Å². The lowest BCUT2D eigenvalue weighted by Gasteiger charge is -2.17. The van der Waals surface area contributed by atoms with Crippen LogP contribution in [-0.2, 0) is 14.3 Å². The first-order valence-corrected chi connectivity index (χ1v) is 6.87. The Hall–Kier alpha value is -1.36. The number of carbonyl (C=O) groups is 2. The van der Waals surface area contributed by atoms with Crippen molar-refractivity contribution in [2.45, 2.75) is 52.1 Å². The minimum atomic E-state index is -0.965. The normalized spacial score (nSPS) is 15.7. The summed E-state index contributed by atoms with van der Waals surface area (Å²) in [4.78, 5) is 23.0. The van der Waals surface area contributed by atoms with Gasteiger partial charge in [-0.05, 0) is 46.0 Å². The van der Waals surface area contributed by atoms with Crippen LogP contribution < -0.4 is 5.32 Å². The smallest absolute Gasteiger partial charge is 0.332 e. The standard InChI is InChI=1S/C14H23NO4/c1-10(2)19-9-5-8-15-13(16)11-6-3-4-7-12(11)14(17)18/h10H,3-9H2,1-2H3,(H,15,16)(H,17,18). The van der Waals surface area contributed by atoms with Crippen molar-refractivity contribution >= 4 is 11.9 Å². The summed E-state index contributed by atoms with van der Waals surface area (Å²) >= 11 is 0. The first-order chi connectivity index (χ1) is 9.02. The molecular weight excluding hydrogens is 246 g/mol. The number of hydrogen-bond acceptors (Lipinski definition) is 3. The van der Waals surface area contributed by atoms with Crippen LogP contribution >= 0.6 is 0 Å². The molecular formula is C14H23NO4. The third-order valence-electron chi connectivity index (χ3n) is 3.06. The molecule has 0 fully saturated rings. The summed E-state index contributed by atoms with van der Waals surface area (Å²) in [5.74, 6) is -1.20. The van der Waals surface area contributed by atoms with Gasteiger partial charge in [0, 0.05) is 24.3 Å². The Morgan fingerprint density at radius 2 is 1.89 bits per heavy atom. The Morgan fingerprint density at radius 3 is 2.47 bits per heavy atom. The highest BCUT2D eigenvalue weighted by Gasteiger charge is 2.22. The van der Waals surface area contributed by atoms with Crippen LogP contribution in [0.3, 0.4) is 0 Å². The van der Waals surface area contributed by atoms with Crippen molar-refractivity contribution in [3.8, 4) is 0 Å². The lowest BCUT2D eigenvalue weighted by atomic mass is 9.91. The second-order valence-corrected chi connectivity index (χ2v) is 5.00. The minimum Gasteiger partial charge on any atom is -0.478 e. The van der Waals surface area contributed by atoms with E-state index in [0.29, 0.717) is 31.6 Å². The molecule has 0 spiro atoms. The van der Waals surface area contributed by atoms with E-state index in [1.807, 2.05) is 13.8 Å². The maximum Gasteiger partial charge on any atom is 0.332 e. The van der Waals surface area contributed by atoms with Crippen LogP contribution in [0.2, 0.25) is 0 Å². The van der Waals surface area contributed by atoms with E-state index in [1.165, 1.54) is 0 Å². The molecule has 0 heterocycles. The zero-order valence-electron chi connectivity index (χ0n) is 11.7. The molecule has 19 heavy (non-hydrogen) atoms. The van der Waals surface area contributed by atoms with Crippen molar-refractivity contribution in [3.63, 3.8) is 0 Å². The first-order valence-electron chi connectivity index (χ1n) is 6.87. The van der Waals surface area contributed by atoms with E-state index in [-0.39, 0.29) is 17.6 Å². The predicted molar refractivity (Wildman–Crippen MR) is 71.8 cm³/mol. The van der Waals surface area contributed by atoms with Gasteiger partial charge in [-0.15, -0.1) is 0 Å². The number of aliphatic carboxylic acids is 1. The van der Waals surface area contributed by atoms with E-state index in [2.05, 4.69) is 5.32 Å². The molecule has 1 aliphatic carbocycles. The largest absolute Gasteiger partial charge is 0.478 e. The molecule has 0 aliphatic heterocycles.